The monoisotopic (exact) mass is 245 g/mol. The third kappa shape index (κ3) is 8.98. The van der Waals surface area contributed by atoms with Crippen LogP contribution in [0.1, 0.15) is 54.4 Å². The zero-order valence-corrected chi connectivity index (χ0v) is 11.9. The van der Waals surface area contributed by atoms with Crippen LogP contribution in [-0.2, 0) is 4.74 Å². The van der Waals surface area contributed by atoms with Crippen molar-refractivity contribution >= 4 is 6.09 Å². The summed E-state index contributed by atoms with van der Waals surface area (Å²) in [6.07, 6.45) is 0.688. The first-order chi connectivity index (χ1) is 7.61. The van der Waals surface area contributed by atoms with E-state index in [1.54, 1.807) is 6.92 Å². The molecule has 4 nitrogen and oxygen atoms in total. The van der Waals surface area contributed by atoms with E-state index in [-0.39, 0.29) is 6.04 Å². The molecule has 0 aromatic rings. The molecule has 0 aromatic carbocycles. The molecule has 0 aliphatic heterocycles. The second kappa shape index (κ2) is 6.84. The van der Waals surface area contributed by atoms with Gasteiger partial charge < -0.3 is 15.2 Å². The fourth-order valence-electron chi connectivity index (χ4n) is 1.41. The molecule has 0 spiro atoms. The molecule has 0 aliphatic carbocycles. The number of alkyl carbamates (subject to hydrolysis) is 1. The first-order valence-corrected chi connectivity index (χ1v) is 6.29. The van der Waals surface area contributed by atoms with Crippen LogP contribution in [0.2, 0.25) is 0 Å². The third-order valence-electron chi connectivity index (χ3n) is 2.34. The van der Waals surface area contributed by atoms with Crippen molar-refractivity contribution in [2.45, 2.75) is 72.1 Å². The summed E-state index contributed by atoms with van der Waals surface area (Å²) >= 11 is 0. The van der Waals surface area contributed by atoms with E-state index in [0.29, 0.717) is 5.92 Å². The lowest BCUT2D eigenvalue weighted by molar-refractivity contribution is 0.0427. The van der Waals surface area contributed by atoms with E-state index in [9.17, 15) is 9.90 Å². The van der Waals surface area contributed by atoms with E-state index in [1.165, 1.54) is 0 Å². The Bertz CT molecular complexity index is 231. The molecule has 1 amide bonds. The van der Waals surface area contributed by atoms with E-state index in [1.807, 2.05) is 20.8 Å². The topological polar surface area (TPSA) is 58.6 Å². The van der Waals surface area contributed by atoms with Gasteiger partial charge in [-0.1, -0.05) is 13.8 Å². The summed E-state index contributed by atoms with van der Waals surface area (Å²) in [4.78, 5) is 11.6. The molecule has 0 radical (unpaired) electrons. The highest BCUT2D eigenvalue weighted by molar-refractivity contribution is 5.68. The molecule has 0 rings (SSSR count). The van der Waals surface area contributed by atoms with E-state index >= 15 is 0 Å². The molecule has 0 heterocycles. The summed E-state index contributed by atoms with van der Waals surface area (Å²) in [5.74, 6) is 0.552. The molecular weight excluding hydrogens is 218 g/mol. The molecule has 0 aromatic heterocycles. The van der Waals surface area contributed by atoms with Gasteiger partial charge in [0, 0.05) is 0 Å². The largest absolute Gasteiger partial charge is 0.444 e. The number of nitrogens with one attached hydrogen (secondary N) is 1. The van der Waals surface area contributed by atoms with Crippen LogP contribution in [0, 0.1) is 5.92 Å². The number of carbonyl (C=O) groups excluding carboxylic acids is 1. The molecule has 102 valence electrons. The Hall–Kier alpha value is -0.770. The van der Waals surface area contributed by atoms with E-state index in [0.717, 1.165) is 12.8 Å². The van der Waals surface area contributed by atoms with Crippen LogP contribution in [0.3, 0.4) is 0 Å². The summed E-state index contributed by atoms with van der Waals surface area (Å²) < 4.78 is 5.16. The summed E-state index contributed by atoms with van der Waals surface area (Å²) in [5, 5.41) is 12.3. The standard InChI is InChI=1S/C13H27NO3/c1-9(2)7-8-11(10(3)15)14-12(16)17-13(4,5)6/h9-11,15H,7-8H2,1-6H3,(H,14,16)/t10?,11-/m0/s1. The van der Waals surface area contributed by atoms with Gasteiger partial charge in [0.25, 0.3) is 0 Å². The average molecular weight is 245 g/mol. The maximum absolute atomic E-state index is 11.6. The fraction of sp³-hybridized carbons (Fsp3) is 0.923. The van der Waals surface area contributed by atoms with Gasteiger partial charge in [-0.05, 0) is 46.5 Å². The Balaban J connectivity index is 4.21. The maximum atomic E-state index is 11.6. The van der Waals surface area contributed by atoms with Crippen molar-refractivity contribution in [2.75, 3.05) is 0 Å². The molecule has 17 heavy (non-hydrogen) atoms. The molecule has 0 fully saturated rings. The van der Waals surface area contributed by atoms with Crippen LogP contribution >= 0.6 is 0 Å². The molecule has 2 atom stereocenters. The van der Waals surface area contributed by atoms with Crippen molar-refractivity contribution in [3.63, 3.8) is 0 Å². The molecule has 0 aliphatic rings. The first kappa shape index (κ1) is 16.2. The van der Waals surface area contributed by atoms with Gasteiger partial charge in [-0.25, -0.2) is 4.79 Å². The van der Waals surface area contributed by atoms with Gasteiger partial charge in [-0.3, -0.25) is 0 Å². The van der Waals surface area contributed by atoms with Gasteiger partial charge in [0.1, 0.15) is 5.60 Å². The summed E-state index contributed by atoms with van der Waals surface area (Å²) in [6.45, 7) is 11.4. The third-order valence-corrected chi connectivity index (χ3v) is 2.34. The minimum atomic E-state index is -0.568. The van der Waals surface area contributed by atoms with Crippen LogP contribution in [0.25, 0.3) is 0 Å². The Labute approximate surface area is 105 Å². The number of amides is 1. The number of rotatable bonds is 5. The van der Waals surface area contributed by atoms with Gasteiger partial charge in [-0.2, -0.15) is 0 Å². The van der Waals surface area contributed by atoms with Crippen molar-refractivity contribution in [3.05, 3.63) is 0 Å². The van der Waals surface area contributed by atoms with Crippen molar-refractivity contribution in [2.24, 2.45) is 5.92 Å². The normalized spacial score (nSPS) is 15.5. The SMILES string of the molecule is CC(C)CC[C@H](NC(=O)OC(C)(C)C)C(C)O. The first-order valence-electron chi connectivity index (χ1n) is 6.29. The molecule has 1 unspecified atom stereocenters. The lowest BCUT2D eigenvalue weighted by atomic mass is 10.0. The molecule has 0 saturated carbocycles. The molecule has 0 bridgehead atoms. The van der Waals surface area contributed by atoms with E-state index in [4.69, 9.17) is 4.74 Å². The number of ether oxygens (including phenoxy) is 1. The summed E-state index contributed by atoms with van der Waals surface area (Å²) in [6, 6.07) is -0.243. The maximum Gasteiger partial charge on any atom is 0.407 e. The van der Waals surface area contributed by atoms with Gasteiger partial charge in [-0.15, -0.1) is 0 Å². The van der Waals surface area contributed by atoms with Crippen LogP contribution in [0.4, 0.5) is 4.79 Å². The lowest BCUT2D eigenvalue weighted by Gasteiger charge is -2.25. The number of hydrogen-bond donors (Lipinski definition) is 2. The van der Waals surface area contributed by atoms with Crippen molar-refractivity contribution in [1.82, 2.24) is 5.32 Å². The Morgan fingerprint density at radius 2 is 1.76 bits per heavy atom. The minimum absolute atomic E-state index is 0.243. The van der Waals surface area contributed by atoms with Gasteiger partial charge in [0.15, 0.2) is 0 Å². The van der Waals surface area contributed by atoms with Gasteiger partial charge in [0.05, 0.1) is 12.1 Å². The number of aliphatic hydroxyl groups is 1. The Morgan fingerprint density at radius 3 is 2.12 bits per heavy atom. The highest BCUT2D eigenvalue weighted by Crippen LogP contribution is 2.11. The zero-order valence-electron chi connectivity index (χ0n) is 11.9. The predicted molar refractivity (Wildman–Crippen MR) is 68.9 cm³/mol. The summed E-state index contributed by atoms with van der Waals surface area (Å²) in [5.41, 5.74) is -0.509. The predicted octanol–water partition coefficient (Wildman–Crippen LogP) is 2.70. The highest BCUT2D eigenvalue weighted by Gasteiger charge is 2.22. The summed E-state index contributed by atoms with van der Waals surface area (Å²) in [7, 11) is 0. The Morgan fingerprint density at radius 1 is 1.24 bits per heavy atom. The minimum Gasteiger partial charge on any atom is -0.444 e. The number of aliphatic hydroxyl groups excluding tert-OH is 1. The number of hydrogen-bond acceptors (Lipinski definition) is 3. The van der Waals surface area contributed by atoms with Gasteiger partial charge >= 0.3 is 6.09 Å². The van der Waals surface area contributed by atoms with Crippen molar-refractivity contribution in [3.8, 4) is 0 Å². The zero-order chi connectivity index (χ0) is 13.6. The molecular formula is C13H27NO3. The molecule has 2 N–H and O–H groups in total. The van der Waals surface area contributed by atoms with E-state index < -0.39 is 17.8 Å². The lowest BCUT2D eigenvalue weighted by Crippen LogP contribution is -2.44. The average Bonchev–Trinajstić information content (AvgIpc) is 2.08. The van der Waals surface area contributed by atoms with Crippen LogP contribution < -0.4 is 5.32 Å². The van der Waals surface area contributed by atoms with Crippen molar-refractivity contribution < 1.29 is 14.6 Å². The fourth-order valence-corrected chi connectivity index (χ4v) is 1.41. The smallest absolute Gasteiger partial charge is 0.407 e. The highest BCUT2D eigenvalue weighted by atomic mass is 16.6. The second-order valence-electron chi connectivity index (χ2n) is 5.96. The van der Waals surface area contributed by atoms with Crippen LogP contribution in [0.15, 0.2) is 0 Å². The van der Waals surface area contributed by atoms with Gasteiger partial charge in [0.2, 0.25) is 0 Å². The Kier molecular flexibility index (Phi) is 6.53. The van der Waals surface area contributed by atoms with Crippen LogP contribution in [0.5, 0.6) is 0 Å². The molecule has 4 heteroatoms. The number of carbonyl (C=O) groups is 1. The van der Waals surface area contributed by atoms with Crippen LogP contribution in [-0.4, -0.2) is 28.9 Å². The molecule has 0 saturated heterocycles. The second-order valence-corrected chi connectivity index (χ2v) is 5.96. The van der Waals surface area contributed by atoms with E-state index in [2.05, 4.69) is 19.2 Å². The quantitative estimate of drug-likeness (QED) is 0.783. The van der Waals surface area contributed by atoms with Crippen molar-refractivity contribution in [1.29, 1.82) is 0 Å².